The summed E-state index contributed by atoms with van der Waals surface area (Å²) in [6, 6.07) is 5.63. The Labute approximate surface area is 255 Å². The smallest absolute Gasteiger partial charge is 0.305 e. The van der Waals surface area contributed by atoms with E-state index in [1.165, 1.54) is 5.57 Å². The molecule has 2 aromatic heterocycles. The van der Waals surface area contributed by atoms with Crippen molar-refractivity contribution in [2.75, 3.05) is 36.5 Å². The first-order chi connectivity index (χ1) is 19.6. The van der Waals surface area contributed by atoms with Gasteiger partial charge in [-0.2, -0.15) is 0 Å². The Morgan fingerprint density at radius 3 is 2.51 bits per heavy atom. The number of pyridine rings is 2. The number of hydrogen-bond donors (Lipinski definition) is 1. The average molecular weight is 675 g/mol. The molecule has 2 aliphatic heterocycles. The van der Waals surface area contributed by atoms with Crippen molar-refractivity contribution < 1.29 is 24.2 Å². The molecule has 1 N–H and O–H groups in total. The third kappa shape index (κ3) is 6.38. The third-order valence-corrected chi connectivity index (χ3v) is 9.55. The molecule has 2 saturated heterocycles. The lowest BCUT2D eigenvalue weighted by molar-refractivity contribution is -0.137. The van der Waals surface area contributed by atoms with Crippen LogP contribution >= 0.6 is 22.6 Å². The molecule has 0 radical (unpaired) electrons. The summed E-state index contributed by atoms with van der Waals surface area (Å²) < 4.78 is 11.8. The second-order valence-corrected chi connectivity index (χ2v) is 13.0. The normalized spacial score (nSPS) is 24.4. The Balaban J connectivity index is 1.25. The molecule has 0 amide bonds. The van der Waals surface area contributed by atoms with E-state index in [-0.39, 0.29) is 39.8 Å². The van der Waals surface area contributed by atoms with Crippen molar-refractivity contribution in [3.8, 4) is 5.88 Å². The van der Waals surface area contributed by atoms with Crippen LogP contribution in [0.25, 0.3) is 5.57 Å². The maximum atomic E-state index is 12.1. The number of hydrogen-bond acceptors (Lipinski definition) is 8. The molecule has 41 heavy (non-hydrogen) atoms. The molecule has 2 fully saturated rings. The number of carbonyl (C=O) groups excluding carboxylic acids is 1. The molecule has 5 rings (SSSR count). The van der Waals surface area contributed by atoms with E-state index in [4.69, 9.17) is 9.47 Å². The quantitative estimate of drug-likeness (QED) is 0.268. The molecule has 0 saturated carbocycles. The van der Waals surface area contributed by atoms with E-state index in [9.17, 15) is 14.7 Å². The van der Waals surface area contributed by atoms with E-state index in [2.05, 4.69) is 39.7 Å². The van der Waals surface area contributed by atoms with Crippen LogP contribution in [-0.4, -0.2) is 69.8 Å². The first-order valence-electron chi connectivity index (χ1n) is 14.4. The number of carboxylic acids is 1. The largest absolute Gasteiger partial charge is 0.481 e. The molecule has 9 nitrogen and oxygen atoms in total. The summed E-state index contributed by atoms with van der Waals surface area (Å²) in [7, 11) is 1.67. The molecule has 3 aliphatic rings. The topological polar surface area (TPSA) is 105 Å². The van der Waals surface area contributed by atoms with Gasteiger partial charge < -0.3 is 24.4 Å². The Bertz CT molecular complexity index is 1310. The lowest BCUT2D eigenvalue weighted by Gasteiger charge is -2.36. The summed E-state index contributed by atoms with van der Waals surface area (Å²) in [6.45, 7) is 8.84. The Morgan fingerprint density at radius 1 is 1.17 bits per heavy atom. The number of halogens is 1. The molecule has 0 unspecified atom stereocenters. The van der Waals surface area contributed by atoms with E-state index in [0.29, 0.717) is 18.1 Å². The van der Waals surface area contributed by atoms with Gasteiger partial charge in [0.05, 0.1) is 24.4 Å². The molecular formula is C31H39IN4O5. The summed E-state index contributed by atoms with van der Waals surface area (Å²) >= 11 is 1.81. The van der Waals surface area contributed by atoms with Crippen LogP contribution in [-0.2, 0) is 9.53 Å². The number of piperidine rings is 1. The number of methoxy groups -OCH3 is 1. The van der Waals surface area contributed by atoms with Gasteiger partial charge in [-0.3, -0.25) is 14.6 Å². The van der Waals surface area contributed by atoms with Crippen molar-refractivity contribution in [2.45, 2.75) is 71.1 Å². The zero-order valence-corrected chi connectivity index (χ0v) is 26.3. The van der Waals surface area contributed by atoms with Crippen molar-refractivity contribution >= 4 is 49.3 Å². The van der Waals surface area contributed by atoms with Crippen molar-refractivity contribution in [1.82, 2.24) is 9.97 Å². The van der Waals surface area contributed by atoms with Crippen molar-refractivity contribution in [1.29, 1.82) is 0 Å². The second-order valence-electron chi connectivity index (χ2n) is 12.0. The van der Waals surface area contributed by atoms with Gasteiger partial charge in [-0.25, -0.2) is 4.98 Å². The van der Waals surface area contributed by atoms with Gasteiger partial charge in [-0.1, -0.05) is 26.8 Å². The SMILES string of the molecule is CO[C@H]1CN(c2ccc(OC3CCN(c4cc(C(=O)I)ncc4C4=CCCC4(C)C)CC3)nc2)[C@@H](CC(=O)O)[C@@H]1C. The highest BCUT2D eigenvalue weighted by atomic mass is 127. The third-order valence-electron chi connectivity index (χ3n) is 9.00. The average Bonchev–Trinajstić information content (AvgIpc) is 3.46. The van der Waals surface area contributed by atoms with Crippen LogP contribution in [0.15, 0.2) is 36.7 Å². The minimum atomic E-state index is -0.817. The number of allylic oxidation sites excluding steroid dienone is 2. The molecule has 10 heteroatoms. The molecule has 0 aromatic carbocycles. The van der Waals surface area contributed by atoms with Gasteiger partial charge in [-0.15, -0.1) is 0 Å². The van der Waals surface area contributed by atoms with Crippen molar-refractivity contribution in [3.63, 3.8) is 0 Å². The van der Waals surface area contributed by atoms with E-state index >= 15 is 0 Å². The van der Waals surface area contributed by atoms with Crippen molar-refractivity contribution in [2.24, 2.45) is 11.3 Å². The molecule has 1 aliphatic carbocycles. The van der Waals surface area contributed by atoms with Gasteiger partial charge in [-0.05, 0) is 36.0 Å². The van der Waals surface area contributed by atoms with Gasteiger partial charge in [0.1, 0.15) is 11.8 Å². The fourth-order valence-electron chi connectivity index (χ4n) is 6.57. The summed E-state index contributed by atoms with van der Waals surface area (Å²) in [4.78, 5) is 37.1. The van der Waals surface area contributed by atoms with E-state index in [1.54, 1.807) is 35.9 Å². The molecular weight excluding hydrogens is 635 g/mol. The van der Waals surface area contributed by atoms with Crippen LogP contribution in [0, 0.1) is 11.3 Å². The van der Waals surface area contributed by atoms with E-state index in [1.807, 2.05) is 31.3 Å². The number of ether oxygens (including phenoxy) is 2. The lowest BCUT2D eigenvalue weighted by atomic mass is 9.82. The summed E-state index contributed by atoms with van der Waals surface area (Å²) in [5.41, 5.74) is 4.95. The number of nitrogens with zero attached hydrogens (tertiary/aromatic N) is 4. The van der Waals surface area contributed by atoms with Gasteiger partial charge >= 0.3 is 5.97 Å². The number of carboxylic acid groups (broad SMARTS) is 1. The first-order valence-corrected chi connectivity index (χ1v) is 15.4. The predicted octanol–water partition coefficient (Wildman–Crippen LogP) is 5.62. The highest BCUT2D eigenvalue weighted by Crippen LogP contribution is 2.47. The van der Waals surface area contributed by atoms with Gasteiger partial charge in [0.2, 0.25) is 9.67 Å². The second kappa shape index (κ2) is 12.2. The highest BCUT2D eigenvalue weighted by molar-refractivity contribution is 14.1. The maximum Gasteiger partial charge on any atom is 0.305 e. The number of aromatic nitrogens is 2. The van der Waals surface area contributed by atoms with Gasteiger partial charge in [0, 0.05) is 97.7 Å². The van der Waals surface area contributed by atoms with Crippen molar-refractivity contribution in [3.05, 3.63) is 47.9 Å². The van der Waals surface area contributed by atoms with Crippen LogP contribution in [0.5, 0.6) is 5.88 Å². The minimum Gasteiger partial charge on any atom is -0.481 e. The van der Waals surface area contributed by atoms with Crippen LogP contribution in [0.1, 0.15) is 68.9 Å². The monoisotopic (exact) mass is 674 g/mol. The Kier molecular flexibility index (Phi) is 8.89. The zero-order valence-electron chi connectivity index (χ0n) is 24.2. The highest BCUT2D eigenvalue weighted by Gasteiger charge is 2.40. The molecule has 3 atom stereocenters. The fourth-order valence-corrected chi connectivity index (χ4v) is 6.86. The number of rotatable bonds is 9. The summed E-state index contributed by atoms with van der Waals surface area (Å²) in [6.07, 6.45) is 9.87. The van der Waals surface area contributed by atoms with Crippen LogP contribution in [0.3, 0.4) is 0 Å². The summed E-state index contributed by atoms with van der Waals surface area (Å²) in [5, 5.41) is 9.44. The molecule has 220 valence electrons. The van der Waals surface area contributed by atoms with Gasteiger partial charge in [0.25, 0.3) is 0 Å². The van der Waals surface area contributed by atoms with E-state index in [0.717, 1.165) is 55.7 Å². The molecule has 0 bridgehead atoms. The fraction of sp³-hybridized carbons (Fsp3) is 0.548. The van der Waals surface area contributed by atoms with Crippen LogP contribution in [0.2, 0.25) is 0 Å². The molecule has 4 heterocycles. The summed E-state index contributed by atoms with van der Waals surface area (Å²) in [5.74, 6) is -0.152. The zero-order chi connectivity index (χ0) is 29.3. The predicted molar refractivity (Wildman–Crippen MR) is 167 cm³/mol. The number of anilines is 2. The van der Waals surface area contributed by atoms with E-state index < -0.39 is 5.97 Å². The minimum absolute atomic E-state index is 0.0246. The number of aliphatic carboxylic acids is 1. The standard InChI is InChI=1S/C31H39IN4O5/c1-19-25(15-29(37)38)36(18-27(19)40-4)20-7-8-28(34-16-20)41-21-9-12-35(13-10-21)26-14-24(30(32)39)33-17-22(26)23-6-5-11-31(23,2)3/h6-8,14,16-17,19,21,25,27H,5,9-13,15,18H2,1-4H3,(H,37,38)/t19-,25-,27-/m0/s1. The molecule has 0 spiro atoms. The number of carbonyl (C=O) groups is 2. The van der Waals surface area contributed by atoms with Gasteiger partial charge in [0.15, 0.2) is 0 Å². The maximum absolute atomic E-state index is 12.1. The van der Waals surface area contributed by atoms with Crippen LogP contribution in [0.4, 0.5) is 11.4 Å². The molecule has 2 aromatic rings. The Morgan fingerprint density at radius 2 is 1.93 bits per heavy atom. The Hall–Kier alpha value is -2.73. The lowest BCUT2D eigenvalue weighted by Crippen LogP contribution is -2.39. The van der Waals surface area contributed by atoms with Crippen LogP contribution < -0.4 is 14.5 Å². The first kappa shape index (κ1) is 29.8.